The molecule has 6 heteroatoms. The van der Waals surface area contributed by atoms with Crippen molar-refractivity contribution < 1.29 is 13.3 Å². The first-order valence-corrected chi connectivity index (χ1v) is 12.1. The van der Waals surface area contributed by atoms with Gasteiger partial charge in [-0.1, -0.05) is 43.1 Å². The minimum absolute atomic E-state index is 0.671. The average molecular weight is 357 g/mol. The van der Waals surface area contributed by atoms with Crippen molar-refractivity contribution in [1.82, 2.24) is 0 Å². The topological polar surface area (TPSA) is 27.7 Å². The summed E-state index contributed by atoms with van der Waals surface area (Å²) in [5, 5.41) is 0. The fourth-order valence-corrected chi connectivity index (χ4v) is 5.71. The van der Waals surface area contributed by atoms with E-state index in [1.807, 2.05) is 20.8 Å². The highest BCUT2D eigenvalue weighted by Crippen LogP contribution is 2.21. The van der Waals surface area contributed by atoms with Crippen molar-refractivity contribution in [1.29, 1.82) is 0 Å². The Morgan fingerprint density at radius 3 is 1.57 bits per heavy atom. The molecule has 0 aromatic rings. The second-order valence-corrected chi connectivity index (χ2v) is 9.03. The van der Waals surface area contributed by atoms with E-state index < -0.39 is 8.80 Å². The van der Waals surface area contributed by atoms with E-state index in [-0.39, 0.29) is 0 Å². The molecule has 0 bridgehead atoms. The standard InChI is InChI=1S/C15H33ClO3SSi/c1-4-17-21(18-5-2,19-6-3)15-13-11-9-7-8-10-12-14-20-16/h4-15H2,1-3H3. The van der Waals surface area contributed by atoms with Crippen LogP contribution in [0.3, 0.4) is 0 Å². The van der Waals surface area contributed by atoms with Crippen LogP contribution in [0.5, 0.6) is 0 Å². The third-order valence-electron chi connectivity index (χ3n) is 3.30. The van der Waals surface area contributed by atoms with E-state index >= 15 is 0 Å². The maximum atomic E-state index is 5.86. The molecule has 0 unspecified atom stereocenters. The predicted octanol–water partition coefficient (Wildman–Crippen LogP) is 5.65. The molecule has 21 heavy (non-hydrogen) atoms. The second-order valence-electron chi connectivity index (χ2n) is 5.02. The molecule has 128 valence electrons. The summed E-state index contributed by atoms with van der Waals surface area (Å²) < 4.78 is 17.6. The number of halogens is 1. The highest BCUT2D eigenvalue weighted by molar-refractivity contribution is 8.21. The summed E-state index contributed by atoms with van der Waals surface area (Å²) in [4.78, 5) is 0. The normalized spacial score (nSPS) is 12.0. The van der Waals surface area contributed by atoms with Gasteiger partial charge in [0.2, 0.25) is 0 Å². The lowest BCUT2D eigenvalue weighted by atomic mass is 10.1. The lowest BCUT2D eigenvalue weighted by Crippen LogP contribution is -2.45. The number of rotatable bonds is 16. The molecule has 0 N–H and O–H groups in total. The number of hydrogen-bond donors (Lipinski definition) is 0. The van der Waals surface area contributed by atoms with E-state index in [0.717, 1.165) is 18.2 Å². The quantitative estimate of drug-likeness (QED) is 0.264. The van der Waals surface area contributed by atoms with Gasteiger partial charge in [0.25, 0.3) is 0 Å². The highest BCUT2D eigenvalue weighted by atomic mass is 35.7. The smallest absolute Gasteiger partial charge is 0.374 e. The molecule has 0 aromatic heterocycles. The summed E-state index contributed by atoms with van der Waals surface area (Å²) in [6.07, 6.45) is 8.86. The summed E-state index contributed by atoms with van der Waals surface area (Å²) >= 11 is 0. The molecule has 0 amide bonds. The van der Waals surface area contributed by atoms with Crippen LogP contribution in [0.2, 0.25) is 6.04 Å². The van der Waals surface area contributed by atoms with Crippen molar-refractivity contribution in [2.45, 2.75) is 71.8 Å². The molecule has 0 spiro atoms. The predicted molar refractivity (Wildman–Crippen MR) is 96.1 cm³/mol. The Bertz CT molecular complexity index is 206. The molecule has 0 saturated heterocycles. The fourth-order valence-electron chi connectivity index (χ4n) is 2.38. The van der Waals surface area contributed by atoms with Gasteiger partial charge in [-0.15, -0.1) is 0 Å². The number of unbranched alkanes of at least 4 members (excludes halogenated alkanes) is 6. The first-order valence-electron chi connectivity index (χ1n) is 8.40. The van der Waals surface area contributed by atoms with Crippen LogP contribution in [0.25, 0.3) is 0 Å². The van der Waals surface area contributed by atoms with Crippen LogP contribution in [-0.2, 0) is 13.3 Å². The first-order chi connectivity index (χ1) is 10.2. The Morgan fingerprint density at radius 2 is 1.14 bits per heavy atom. The van der Waals surface area contributed by atoms with E-state index in [4.69, 9.17) is 24.0 Å². The fraction of sp³-hybridized carbons (Fsp3) is 1.00. The summed E-state index contributed by atoms with van der Waals surface area (Å²) in [5.74, 6) is 1.08. The van der Waals surface area contributed by atoms with Gasteiger partial charge in [0, 0.05) is 31.6 Å². The maximum Gasteiger partial charge on any atom is 0.500 e. The summed E-state index contributed by atoms with van der Waals surface area (Å²) in [6.45, 7) is 8.05. The van der Waals surface area contributed by atoms with E-state index in [2.05, 4.69) is 0 Å². The van der Waals surface area contributed by atoms with Crippen molar-refractivity contribution >= 4 is 30.5 Å². The Kier molecular flexibility index (Phi) is 16.2. The SMILES string of the molecule is CCO[Si](CCCCCCCCCSCl)(OCC)OCC. The molecule has 0 atom stereocenters. The highest BCUT2D eigenvalue weighted by Gasteiger charge is 2.39. The molecular weight excluding hydrogens is 324 g/mol. The van der Waals surface area contributed by atoms with Gasteiger partial charge in [0.15, 0.2) is 0 Å². The van der Waals surface area contributed by atoms with Crippen LogP contribution in [0.1, 0.15) is 65.7 Å². The van der Waals surface area contributed by atoms with Gasteiger partial charge in [0.1, 0.15) is 0 Å². The van der Waals surface area contributed by atoms with Crippen molar-refractivity contribution in [2.24, 2.45) is 0 Å². The van der Waals surface area contributed by atoms with Crippen LogP contribution in [0.4, 0.5) is 0 Å². The van der Waals surface area contributed by atoms with Crippen molar-refractivity contribution in [3.05, 3.63) is 0 Å². The number of hydrogen-bond acceptors (Lipinski definition) is 4. The van der Waals surface area contributed by atoms with Gasteiger partial charge >= 0.3 is 8.80 Å². The third kappa shape index (κ3) is 11.9. The molecule has 0 heterocycles. The van der Waals surface area contributed by atoms with Gasteiger partial charge in [-0.2, -0.15) is 0 Å². The maximum absolute atomic E-state index is 5.86. The zero-order chi connectivity index (χ0) is 15.8. The molecule has 0 fully saturated rings. The summed E-state index contributed by atoms with van der Waals surface area (Å²) in [7, 11) is 4.61. The monoisotopic (exact) mass is 356 g/mol. The van der Waals surface area contributed by atoms with Gasteiger partial charge in [-0.3, -0.25) is 0 Å². The lowest BCUT2D eigenvalue weighted by molar-refractivity contribution is 0.0706. The molecule has 0 saturated carbocycles. The summed E-state index contributed by atoms with van der Waals surface area (Å²) in [5.41, 5.74) is 0. The van der Waals surface area contributed by atoms with Crippen LogP contribution in [0.15, 0.2) is 0 Å². The minimum Gasteiger partial charge on any atom is -0.374 e. The van der Waals surface area contributed by atoms with Crippen molar-refractivity contribution in [3.8, 4) is 0 Å². The van der Waals surface area contributed by atoms with E-state index in [1.165, 1.54) is 49.5 Å². The zero-order valence-electron chi connectivity index (χ0n) is 14.0. The van der Waals surface area contributed by atoms with Gasteiger partial charge in [-0.05, 0) is 44.3 Å². The third-order valence-corrected chi connectivity index (χ3v) is 7.35. The molecule has 0 radical (unpaired) electrons. The van der Waals surface area contributed by atoms with Crippen molar-refractivity contribution in [2.75, 3.05) is 25.6 Å². The Hall–Kier alpha value is 0.737. The summed E-state index contributed by atoms with van der Waals surface area (Å²) in [6, 6.07) is 0.950. The van der Waals surface area contributed by atoms with Crippen LogP contribution < -0.4 is 0 Å². The average Bonchev–Trinajstić information content (AvgIpc) is 2.46. The molecular formula is C15H33ClO3SSi. The first kappa shape index (κ1) is 21.7. The Balaban J connectivity index is 3.76. The van der Waals surface area contributed by atoms with E-state index in [0.29, 0.717) is 19.8 Å². The zero-order valence-corrected chi connectivity index (χ0v) is 16.6. The Morgan fingerprint density at radius 1 is 0.714 bits per heavy atom. The molecule has 0 aromatic carbocycles. The minimum atomic E-state index is -2.40. The van der Waals surface area contributed by atoms with Crippen LogP contribution >= 0.6 is 21.7 Å². The van der Waals surface area contributed by atoms with Gasteiger partial charge in [-0.25, -0.2) is 0 Å². The van der Waals surface area contributed by atoms with Crippen LogP contribution in [-0.4, -0.2) is 34.4 Å². The van der Waals surface area contributed by atoms with Crippen LogP contribution in [0, 0.1) is 0 Å². The lowest BCUT2D eigenvalue weighted by Gasteiger charge is -2.28. The Labute approximate surface area is 141 Å². The molecule has 0 aliphatic rings. The molecule has 0 aliphatic heterocycles. The van der Waals surface area contributed by atoms with Crippen molar-refractivity contribution in [3.63, 3.8) is 0 Å². The molecule has 3 nitrogen and oxygen atoms in total. The van der Waals surface area contributed by atoms with E-state index in [1.54, 1.807) is 0 Å². The van der Waals surface area contributed by atoms with E-state index in [9.17, 15) is 0 Å². The molecule has 0 rings (SSSR count). The van der Waals surface area contributed by atoms with Gasteiger partial charge in [0.05, 0.1) is 0 Å². The molecule has 0 aliphatic carbocycles. The largest absolute Gasteiger partial charge is 0.500 e. The van der Waals surface area contributed by atoms with Gasteiger partial charge < -0.3 is 13.3 Å². The second kappa shape index (κ2) is 15.6.